The molecule has 0 radical (unpaired) electrons. The molecule has 1 heterocycles. The normalized spacial score (nSPS) is 10.4. The zero-order valence-corrected chi connectivity index (χ0v) is 12.8. The summed E-state index contributed by atoms with van der Waals surface area (Å²) in [5.41, 5.74) is 0.317. The Kier molecular flexibility index (Phi) is 4.65. The van der Waals surface area contributed by atoms with Gasteiger partial charge in [-0.15, -0.1) is 0 Å². The molecule has 0 aliphatic carbocycles. The van der Waals surface area contributed by atoms with Crippen LogP contribution in [0.4, 0.5) is 30.2 Å². The van der Waals surface area contributed by atoms with Crippen LogP contribution in [0.1, 0.15) is 10.4 Å². The van der Waals surface area contributed by atoms with Gasteiger partial charge in [0, 0.05) is 11.9 Å². The summed E-state index contributed by atoms with van der Waals surface area (Å²) in [5.74, 6) is -2.55. The summed E-state index contributed by atoms with van der Waals surface area (Å²) < 4.78 is 40.5. The van der Waals surface area contributed by atoms with Crippen molar-refractivity contribution in [3.8, 4) is 0 Å². The maximum absolute atomic E-state index is 13.7. The van der Waals surface area contributed by atoms with Gasteiger partial charge in [0.15, 0.2) is 0 Å². The molecule has 2 N–H and O–H groups in total. The number of hydrogen-bond donors (Lipinski definition) is 2. The average Bonchev–Trinajstić information content (AvgIpc) is 2.58. The van der Waals surface area contributed by atoms with Crippen LogP contribution >= 0.6 is 0 Å². The fourth-order valence-electron chi connectivity index (χ4n) is 2.16. The zero-order valence-electron chi connectivity index (χ0n) is 12.8. The Labute approximate surface area is 141 Å². The van der Waals surface area contributed by atoms with Crippen LogP contribution in [0, 0.1) is 17.5 Å². The number of para-hydroxylation sites is 1. The quantitative estimate of drug-likeness (QED) is 0.734. The average molecular weight is 343 g/mol. The standard InChI is InChI=1S/C18H12F3N3O/c19-12-3-1-4-13(8-12)24-18(25)11-7-14(10-22-9-11)23-17-15(20)5-2-6-16(17)21/h1-10,23H,(H,24,25). The number of carbonyl (C=O) groups excluding carboxylic acids is 1. The highest BCUT2D eigenvalue weighted by Crippen LogP contribution is 2.23. The van der Waals surface area contributed by atoms with Crippen molar-refractivity contribution < 1.29 is 18.0 Å². The van der Waals surface area contributed by atoms with Gasteiger partial charge in [0.05, 0.1) is 17.4 Å². The number of amides is 1. The van der Waals surface area contributed by atoms with Gasteiger partial charge in [-0.1, -0.05) is 12.1 Å². The number of hydrogen-bond acceptors (Lipinski definition) is 3. The third-order valence-corrected chi connectivity index (χ3v) is 3.32. The third kappa shape index (κ3) is 3.95. The third-order valence-electron chi connectivity index (χ3n) is 3.32. The number of carbonyl (C=O) groups is 1. The van der Waals surface area contributed by atoms with Gasteiger partial charge >= 0.3 is 0 Å². The second kappa shape index (κ2) is 7.04. The predicted octanol–water partition coefficient (Wildman–Crippen LogP) is 4.49. The number of halogens is 3. The first-order chi connectivity index (χ1) is 12.0. The summed E-state index contributed by atoms with van der Waals surface area (Å²) in [6.07, 6.45) is 2.61. The molecular formula is C18H12F3N3O. The lowest BCUT2D eigenvalue weighted by molar-refractivity contribution is 0.102. The smallest absolute Gasteiger partial charge is 0.257 e. The molecule has 1 aromatic heterocycles. The van der Waals surface area contributed by atoms with E-state index in [2.05, 4.69) is 15.6 Å². The number of benzene rings is 2. The van der Waals surface area contributed by atoms with E-state index >= 15 is 0 Å². The molecule has 0 unspecified atom stereocenters. The largest absolute Gasteiger partial charge is 0.349 e. The molecule has 3 aromatic rings. The molecule has 25 heavy (non-hydrogen) atoms. The van der Waals surface area contributed by atoms with E-state index in [0.29, 0.717) is 0 Å². The summed E-state index contributed by atoms with van der Waals surface area (Å²) in [6.45, 7) is 0. The number of pyridine rings is 1. The van der Waals surface area contributed by atoms with Crippen molar-refractivity contribution in [3.63, 3.8) is 0 Å². The summed E-state index contributed by atoms with van der Waals surface area (Å²) >= 11 is 0. The monoisotopic (exact) mass is 343 g/mol. The van der Waals surface area contributed by atoms with Gasteiger partial charge in [0.1, 0.15) is 23.1 Å². The van der Waals surface area contributed by atoms with Gasteiger partial charge in [-0.25, -0.2) is 13.2 Å². The van der Waals surface area contributed by atoms with E-state index in [1.807, 2.05) is 0 Å². The molecule has 4 nitrogen and oxygen atoms in total. The summed E-state index contributed by atoms with van der Waals surface area (Å²) in [4.78, 5) is 16.1. The van der Waals surface area contributed by atoms with Gasteiger partial charge in [0.2, 0.25) is 0 Å². The van der Waals surface area contributed by atoms with E-state index in [9.17, 15) is 18.0 Å². The molecule has 0 aliphatic rings. The fraction of sp³-hybridized carbons (Fsp3) is 0. The van der Waals surface area contributed by atoms with Crippen molar-refractivity contribution in [1.29, 1.82) is 0 Å². The van der Waals surface area contributed by atoms with E-state index < -0.39 is 23.4 Å². The van der Waals surface area contributed by atoms with E-state index in [-0.39, 0.29) is 22.6 Å². The van der Waals surface area contributed by atoms with Crippen molar-refractivity contribution in [3.05, 3.63) is 83.9 Å². The van der Waals surface area contributed by atoms with E-state index in [1.54, 1.807) is 0 Å². The van der Waals surface area contributed by atoms with Crippen molar-refractivity contribution >= 4 is 23.0 Å². The van der Waals surface area contributed by atoms with Gasteiger partial charge in [-0.3, -0.25) is 9.78 Å². The Balaban J connectivity index is 1.80. The SMILES string of the molecule is O=C(Nc1cccc(F)c1)c1cncc(Nc2c(F)cccc2F)c1. The highest BCUT2D eigenvalue weighted by Gasteiger charge is 2.11. The van der Waals surface area contributed by atoms with Crippen LogP contribution in [0.15, 0.2) is 60.9 Å². The van der Waals surface area contributed by atoms with Crippen LogP contribution < -0.4 is 10.6 Å². The minimum atomic E-state index is -0.769. The molecule has 3 rings (SSSR count). The zero-order chi connectivity index (χ0) is 17.8. The van der Waals surface area contributed by atoms with Crippen molar-refractivity contribution in [2.45, 2.75) is 0 Å². The number of nitrogens with one attached hydrogen (secondary N) is 2. The molecule has 0 spiro atoms. The molecule has 7 heteroatoms. The molecular weight excluding hydrogens is 331 g/mol. The van der Waals surface area contributed by atoms with Crippen LogP contribution in [0.5, 0.6) is 0 Å². The molecule has 1 amide bonds. The maximum Gasteiger partial charge on any atom is 0.257 e. The lowest BCUT2D eigenvalue weighted by Crippen LogP contribution is -2.12. The summed E-state index contributed by atoms with van der Waals surface area (Å²) in [7, 11) is 0. The topological polar surface area (TPSA) is 54.0 Å². The summed E-state index contributed by atoms with van der Waals surface area (Å²) in [5, 5.41) is 5.07. The van der Waals surface area contributed by atoms with Crippen molar-refractivity contribution in [2.75, 3.05) is 10.6 Å². The lowest BCUT2D eigenvalue weighted by atomic mass is 10.2. The van der Waals surface area contributed by atoms with E-state index in [1.165, 1.54) is 48.8 Å². The molecule has 2 aromatic carbocycles. The molecule has 0 saturated heterocycles. The van der Waals surface area contributed by atoms with Crippen LogP contribution in [0.2, 0.25) is 0 Å². The van der Waals surface area contributed by atoms with Crippen molar-refractivity contribution in [1.82, 2.24) is 4.98 Å². The maximum atomic E-state index is 13.7. The molecule has 0 atom stereocenters. The first-order valence-electron chi connectivity index (χ1n) is 7.26. The molecule has 0 fully saturated rings. The molecule has 0 bridgehead atoms. The Bertz CT molecular complexity index is 911. The van der Waals surface area contributed by atoms with Crippen LogP contribution in [-0.4, -0.2) is 10.9 Å². The second-order valence-corrected chi connectivity index (χ2v) is 5.15. The second-order valence-electron chi connectivity index (χ2n) is 5.15. The van der Waals surface area contributed by atoms with Crippen LogP contribution in [0.25, 0.3) is 0 Å². The number of rotatable bonds is 4. The van der Waals surface area contributed by atoms with Crippen molar-refractivity contribution in [2.24, 2.45) is 0 Å². The minimum Gasteiger partial charge on any atom is -0.349 e. The highest BCUT2D eigenvalue weighted by atomic mass is 19.1. The van der Waals surface area contributed by atoms with Gasteiger partial charge in [-0.05, 0) is 36.4 Å². The van der Waals surface area contributed by atoms with Gasteiger partial charge < -0.3 is 10.6 Å². The Morgan fingerprint density at radius 2 is 1.60 bits per heavy atom. The van der Waals surface area contributed by atoms with E-state index in [4.69, 9.17) is 0 Å². The van der Waals surface area contributed by atoms with E-state index in [0.717, 1.165) is 12.1 Å². The minimum absolute atomic E-state index is 0.144. The number of anilines is 3. The molecule has 0 aliphatic heterocycles. The Hall–Kier alpha value is -3.35. The van der Waals surface area contributed by atoms with Crippen LogP contribution in [0.3, 0.4) is 0 Å². The fourth-order valence-corrected chi connectivity index (χ4v) is 2.16. The summed E-state index contributed by atoms with van der Waals surface area (Å²) in [6, 6.07) is 10.3. The first-order valence-corrected chi connectivity index (χ1v) is 7.26. The number of aromatic nitrogens is 1. The van der Waals surface area contributed by atoms with Crippen LogP contribution in [-0.2, 0) is 0 Å². The first kappa shape index (κ1) is 16.5. The lowest BCUT2D eigenvalue weighted by Gasteiger charge is -2.10. The highest BCUT2D eigenvalue weighted by molar-refractivity contribution is 6.04. The van der Waals surface area contributed by atoms with Gasteiger partial charge in [0.25, 0.3) is 5.91 Å². The predicted molar refractivity (Wildman–Crippen MR) is 88.2 cm³/mol. The Morgan fingerprint density at radius 3 is 2.32 bits per heavy atom. The number of nitrogens with zero attached hydrogens (tertiary/aromatic N) is 1. The Morgan fingerprint density at radius 1 is 0.880 bits per heavy atom. The molecule has 0 saturated carbocycles. The molecule has 126 valence electrons. The van der Waals surface area contributed by atoms with Gasteiger partial charge in [-0.2, -0.15) is 0 Å².